The van der Waals surface area contributed by atoms with Crippen LogP contribution in [0.5, 0.6) is 0 Å². The summed E-state index contributed by atoms with van der Waals surface area (Å²) in [6.45, 7) is 9.97. The Hall–Kier alpha value is -1.53. The number of hydrogen-bond acceptors (Lipinski definition) is 4. The predicted molar refractivity (Wildman–Crippen MR) is 82.9 cm³/mol. The number of ether oxygens (including phenoxy) is 1. The molecular weight excluding hydrogens is 269 g/mol. The molecule has 1 heterocycles. The minimum Gasteiger partial charge on any atom is -0.453 e. The van der Waals surface area contributed by atoms with E-state index in [4.69, 9.17) is 9.31 Å². The van der Waals surface area contributed by atoms with E-state index in [1.807, 2.05) is 52.8 Å². The second-order valence-electron chi connectivity index (χ2n) is 6.22. The van der Waals surface area contributed by atoms with E-state index in [2.05, 4.69) is 10.1 Å². The van der Waals surface area contributed by atoms with Gasteiger partial charge in [-0.2, -0.15) is 0 Å². The first-order valence-corrected chi connectivity index (χ1v) is 6.98. The molecule has 1 N–H and O–H groups in total. The van der Waals surface area contributed by atoms with Crippen molar-refractivity contribution in [1.82, 2.24) is 0 Å². The standard InChI is InChI=1S/C15H22BNO4/c1-10-11(8-7-9-12(10)17-13(18)19-6)16-20-14(2,3)15(4,5)21-16/h7-9H,1-6H3,(H,17,18). The third kappa shape index (κ3) is 2.92. The highest BCUT2D eigenvalue weighted by atomic mass is 16.7. The number of methoxy groups -OCH3 is 1. The van der Waals surface area contributed by atoms with Gasteiger partial charge in [-0.15, -0.1) is 0 Å². The summed E-state index contributed by atoms with van der Waals surface area (Å²) in [6, 6.07) is 5.62. The molecule has 0 atom stereocenters. The maximum atomic E-state index is 11.4. The van der Waals surface area contributed by atoms with Gasteiger partial charge in [0.15, 0.2) is 0 Å². The smallest absolute Gasteiger partial charge is 0.453 e. The van der Waals surface area contributed by atoms with E-state index in [0.29, 0.717) is 5.69 Å². The maximum absolute atomic E-state index is 11.4. The van der Waals surface area contributed by atoms with Gasteiger partial charge in [0.05, 0.1) is 18.3 Å². The summed E-state index contributed by atoms with van der Waals surface area (Å²) in [5.74, 6) is 0. The van der Waals surface area contributed by atoms with Crippen molar-refractivity contribution in [2.24, 2.45) is 0 Å². The summed E-state index contributed by atoms with van der Waals surface area (Å²) < 4.78 is 16.7. The van der Waals surface area contributed by atoms with Crippen molar-refractivity contribution in [2.75, 3.05) is 12.4 Å². The molecule has 1 saturated heterocycles. The first kappa shape index (κ1) is 15.9. The summed E-state index contributed by atoms with van der Waals surface area (Å²) in [5.41, 5.74) is 1.71. The molecule has 1 aliphatic rings. The number of benzene rings is 1. The van der Waals surface area contributed by atoms with E-state index in [1.165, 1.54) is 7.11 Å². The first-order chi connectivity index (χ1) is 9.68. The Balaban J connectivity index is 2.30. The lowest BCUT2D eigenvalue weighted by Crippen LogP contribution is -2.41. The van der Waals surface area contributed by atoms with Crippen molar-refractivity contribution in [3.8, 4) is 0 Å². The molecule has 21 heavy (non-hydrogen) atoms. The van der Waals surface area contributed by atoms with E-state index < -0.39 is 24.4 Å². The minimum absolute atomic E-state index is 0.393. The van der Waals surface area contributed by atoms with Gasteiger partial charge in [0.25, 0.3) is 0 Å². The van der Waals surface area contributed by atoms with Gasteiger partial charge in [0, 0.05) is 5.69 Å². The predicted octanol–water partition coefficient (Wildman–Crippen LogP) is 2.47. The third-order valence-electron chi connectivity index (χ3n) is 4.31. The van der Waals surface area contributed by atoms with Gasteiger partial charge in [-0.05, 0) is 51.7 Å². The highest BCUT2D eigenvalue weighted by Gasteiger charge is 2.52. The fourth-order valence-electron chi connectivity index (χ4n) is 2.18. The molecule has 6 heteroatoms. The Morgan fingerprint density at radius 1 is 1.19 bits per heavy atom. The van der Waals surface area contributed by atoms with Crippen LogP contribution in [-0.4, -0.2) is 31.5 Å². The Morgan fingerprint density at radius 2 is 1.76 bits per heavy atom. The van der Waals surface area contributed by atoms with Crippen LogP contribution in [0.4, 0.5) is 10.5 Å². The Labute approximate surface area is 126 Å². The Bertz CT molecular complexity index is 541. The second-order valence-corrected chi connectivity index (χ2v) is 6.22. The number of carbonyl (C=O) groups excluding carboxylic acids is 1. The topological polar surface area (TPSA) is 56.8 Å². The first-order valence-electron chi connectivity index (χ1n) is 6.98. The molecular formula is C15H22BNO4. The molecule has 0 unspecified atom stereocenters. The van der Waals surface area contributed by atoms with E-state index in [0.717, 1.165) is 11.0 Å². The summed E-state index contributed by atoms with van der Waals surface area (Å²) in [5, 5.41) is 2.69. The van der Waals surface area contributed by atoms with Crippen molar-refractivity contribution in [3.63, 3.8) is 0 Å². The molecule has 0 bridgehead atoms. The Morgan fingerprint density at radius 3 is 2.29 bits per heavy atom. The molecule has 0 saturated carbocycles. The Kier molecular flexibility index (Phi) is 4.04. The molecule has 2 rings (SSSR count). The number of nitrogens with one attached hydrogen (secondary N) is 1. The van der Waals surface area contributed by atoms with E-state index in [-0.39, 0.29) is 0 Å². The van der Waals surface area contributed by atoms with Gasteiger partial charge in [0.1, 0.15) is 0 Å². The number of rotatable bonds is 2. The van der Waals surface area contributed by atoms with Crippen molar-refractivity contribution in [3.05, 3.63) is 23.8 Å². The summed E-state index contributed by atoms with van der Waals surface area (Å²) in [4.78, 5) is 11.4. The molecule has 1 aromatic carbocycles. The molecule has 0 radical (unpaired) electrons. The lowest BCUT2D eigenvalue weighted by molar-refractivity contribution is 0.00578. The van der Waals surface area contributed by atoms with Crippen LogP contribution in [0.3, 0.4) is 0 Å². The van der Waals surface area contributed by atoms with Crippen LogP contribution in [0, 0.1) is 6.92 Å². The minimum atomic E-state index is -0.496. The molecule has 114 valence electrons. The summed E-state index contributed by atoms with van der Waals surface area (Å²) in [7, 11) is 0.886. The van der Waals surface area contributed by atoms with Gasteiger partial charge in [0.2, 0.25) is 0 Å². The zero-order chi connectivity index (χ0) is 15.8. The lowest BCUT2D eigenvalue weighted by atomic mass is 9.76. The van der Waals surface area contributed by atoms with E-state index in [9.17, 15) is 4.79 Å². The number of hydrogen-bond donors (Lipinski definition) is 1. The maximum Gasteiger partial charge on any atom is 0.495 e. The number of carbonyl (C=O) groups is 1. The van der Waals surface area contributed by atoms with E-state index >= 15 is 0 Å². The average Bonchev–Trinajstić information content (AvgIpc) is 2.60. The fraction of sp³-hybridized carbons (Fsp3) is 0.533. The van der Waals surface area contributed by atoms with Crippen LogP contribution in [0.2, 0.25) is 0 Å². The second kappa shape index (κ2) is 5.35. The third-order valence-corrected chi connectivity index (χ3v) is 4.31. The van der Waals surface area contributed by atoms with Gasteiger partial charge >= 0.3 is 13.2 Å². The molecule has 0 spiro atoms. The van der Waals surface area contributed by atoms with Crippen LogP contribution in [0.15, 0.2) is 18.2 Å². The van der Waals surface area contributed by atoms with Gasteiger partial charge in [-0.1, -0.05) is 12.1 Å². The highest BCUT2D eigenvalue weighted by molar-refractivity contribution is 6.62. The highest BCUT2D eigenvalue weighted by Crippen LogP contribution is 2.36. The van der Waals surface area contributed by atoms with Gasteiger partial charge in [-0.25, -0.2) is 4.79 Å². The van der Waals surface area contributed by atoms with E-state index in [1.54, 1.807) is 0 Å². The average molecular weight is 291 g/mol. The lowest BCUT2D eigenvalue weighted by Gasteiger charge is -2.32. The normalized spacial score (nSPS) is 19.4. The van der Waals surface area contributed by atoms with Crippen LogP contribution >= 0.6 is 0 Å². The van der Waals surface area contributed by atoms with Crippen LogP contribution in [0.1, 0.15) is 33.3 Å². The fourth-order valence-corrected chi connectivity index (χ4v) is 2.18. The quantitative estimate of drug-likeness (QED) is 0.850. The summed E-state index contributed by atoms with van der Waals surface area (Å²) >= 11 is 0. The van der Waals surface area contributed by atoms with Gasteiger partial charge in [-0.3, -0.25) is 5.32 Å². The van der Waals surface area contributed by atoms with Gasteiger partial charge < -0.3 is 14.0 Å². The zero-order valence-corrected chi connectivity index (χ0v) is 13.4. The molecule has 1 fully saturated rings. The van der Waals surface area contributed by atoms with Crippen LogP contribution in [-0.2, 0) is 14.0 Å². The summed E-state index contributed by atoms with van der Waals surface area (Å²) in [6.07, 6.45) is -0.496. The van der Waals surface area contributed by atoms with Crippen molar-refractivity contribution >= 4 is 24.4 Å². The largest absolute Gasteiger partial charge is 0.495 e. The molecule has 1 amide bonds. The van der Waals surface area contributed by atoms with Crippen molar-refractivity contribution < 1.29 is 18.8 Å². The zero-order valence-electron chi connectivity index (χ0n) is 13.4. The monoisotopic (exact) mass is 291 g/mol. The molecule has 0 aromatic heterocycles. The SMILES string of the molecule is COC(=O)Nc1cccc(B2OC(C)(C)C(C)(C)O2)c1C. The molecule has 5 nitrogen and oxygen atoms in total. The number of anilines is 1. The van der Waals surface area contributed by atoms with Crippen LogP contribution in [0.25, 0.3) is 0 Å². The van der Waals surface area contributed by atoms with Crippen molar-refractivity contribution in [1.29, 1.82) is 0 Å². The molecule has 0 aliphatic carbocycles. The molecule has 1 aromatic rings. The van der Waals surface area contributed by atoms with Crippen LogP contribution < -0.4 is 10.8 Å². The van der Waals surface area contributed by atoms with Crippen molar-refractivity contribution in [2.45, 2.75) is 45.8 Å². The number of amides is 1. The molecule has 1 aliphatic heterocycles.